The van der Waals surface area contributed by atoms with E-state index in [1.165, 1.54) is 4.90 Å². The zero-order valence-corrected chi connectivity index (χ0v) is 16.1. The smallest absolute Gasteiger partial charge is 0.345 e. The van der Waals surface area contributed by atoms with Crippen LogP contribution in [-0.4, -0.2) is 29.2 Å². The van der Waals surface area contributed by atoms with Crippen LogP contribution in [0.3, 0.4) is 0 Å². The molecule has 1 aliphatic heterocycles. The highest BCUT2D eigenvalue weighted by Crippen LogP contribution is 2.23. The van der Waals surface area contributed by atoms with Crippen LogP contribution in [-0.2, 0) is 6.42 Å². The van der Waals surface area contributed by atoms with Crippen molar-refractivity contribution in [3.8, 4) is 5.75 Å². The summed E-state index contributed by atoms with van der Waals surface area (Å²) >= 11 is 6.01. The van der Waals surface area contributed by atoms with Crippen molar-refractivity contribution < 1.29 is 19.1 Å². The SMILES string of the molecule is O=C(Oc1ccc(CCN2C(=O)c3ccccc3C2=O)cc1)c1ccccc1Cl. The summed E-state index contributed by atoms with van der Waals surface area (Å²) in [6.07, 6.45) is 0.504. The predicted octanol–water partition coefficient (Wildman–Crippen LogP) is 4.40. The topological polar surface area (TPSA) is 63.7 Å². The quantitative estimate of drug-likeness (QED) is 0.358. The number of ether oxygens (including phenoxy) is 1. The number of esters is 1. The van der Waals surface area contributed by atoms with Gasteiger partial charge in [-0.15, -0.1) is 0 Å². The van der Waals surface area contributed by atoms with Crippen molar-refractivity contribution in [2.24, 2.45) is 0 Å². The fraction of sp³-hybridized carbons (Fsp3) is 0.0870. The van der Waals surface area contributed by atoms with E-state index in [0.717, 1.165) is 5.56 Å². The van der Waals surface area contributed by atoms with E-state index in [-0.39, 0.29) is 18.4 Å². The lowest BCUT2D eigenvalue weighted by molar-refractivity contribution is 0.0654. The molecule has 3 aromatic rings. The van der Waals surface area contributed by atoms with Crippen LogP contribution in [0.2, 0.25) is 5.02 Å². The number of carbonyl (C=O) groups excluding carboxylic acids is 3. The summed E-state index contributed by atoms with van der Waals surface area (Å²) in [5.41, 5.74) is 2.10. The summed E-state index contributed by atoms with van der Waals surface area (Å²) in [5.74, 6) is -0.680. The molecule has 0 saturated carbocycles. The van der Waals surface area contributed by atoms with Crippen molar-refractivity contribution in [1.82, 2.24) is 4.90 Å². The number of fused-ring (bicyclic) bond motifs is 1. The third-order valence-electron chi connectivity index (χ3n) is 4.73. The summed E-state index contributed by atoms with van der Waals surface area (Å²) in [6, 6.07) is 20.4. The molecular formula is C23H16ClNO4. The van der Waals surface area contributed by atoms with Crippen LogP contribution in [0.1, 0.15) is 36.6 Å². The van der Waals surface area contributed by atoms with Gasteiger partial charge in [0.15, 0.2) is 0 Å². The van der Waals surface area contributed by atoms with Gasteiger partial charge in [-0.2, -0.15) is 0 Å². The minimum atomic E-state index is -0.533. The van der Waals surface area contributed by atoms with Crippen molar-refractivity contribution in [3.05, 3.63) is 100 Å². The lowest BCUT2D eigenvalue weighted by Gasteiger charge is -2.14. The number of halogens is 1. The summed E-state index contributed by atoms with van der Waals surface area (Å²) in [5, 5.41) is 0.329. The normalized spacial score (nSPS) is 12.8. The van der Waals surface area contributed by atoms with Crippen molar-refractivity contribution >= 4 is 29.4 Å². The zero-order valence-electron chi connectivity index (χ0n) is 15.3. The van der Waals surface area contributed by atoms with Gasteiger partial charge >= 0.3 is 5.97 Å². The molecule has 0 fully saturated rings. The molecule has 0 radical (unpaired) electrons. The molecule has 0 unspecified atom stereocenters. The van der Waals surface area contributed by atoms with Gasteiger partial charge in [0.1, 0.15) is 5.75 Å². The Labute approximate surface area is 172 Å². The summed E-state index contributed by atoms with van der Waals surface area (Å²) in [7, 11) is 0. The molecule has 0 atom stereocenters. The Balaban J connectivity index is 1.38. The fourth-order valence-electron chi connectivity index (χ4n) is 3.20. The molecule has 0 spiro atoms. The van der Waals surface area contributed by atoms with Crippen molar-refractivity contribution in [3.63, 3.8) is 0 Å². The van der Waals surface area contributed by atoms with Crippen molar-refractivity contribution in [1.29, 1.82) is 0 Å². The van der Waals surface area contributed by atoms with Crippen LogP contribution >= 0.6 is 11.6 Å². The Bertz CT molecular complexity index is 1070. The van der Waals surface area contributed by atoms with Crippen molar-refractivity contribution in [2.75, 3.05) is 6.54 Å². The molecule has 0 N–H and O–H groups in total. The van der Waals surface area contributed by atoms with E-state index >= 15 is 0 Å². The number of benzene rings is 3. The Morgan fingerprint density at radius 3 is 2.03 bits per heavy atom. The molecule has 144 valence electrons. The second kappa shape index (κ2) is 7.89. The van der Waals surface area contributed by atoms with E-state index in [2.05, 4.69) is 0 Å². The molecule has 4 rings (SSSR count). The number of nitrogens with zero attached hydrogens (tertiary/aromatic N) is 1. The maximum atomic E-state index is 12.4. The minimum Gasteiger partial charge on any atom is -0.423 e. The maximum absolute atomic E-state index is 12.4. The molecule has 0 saturated heterocycles. The third kappa shape index (κ3) is 3.77. The molecule has 6 heteroatoms. The lowest BCUT2D eigenvalue weighted by atomic mass is 10.1. The van der Waals surface area contributed by atoms with E-state index in [1.807, 2.05) is 0 Å². The highest BCUT2D eigenvalue weighted by atomic mass is 35.5. The average Bonchev–Trinajstić information content (AvgIpc) is 2.98. The van der Waals surface area contributed by atoms with Gasteiger partial charge in [0.2, 0.25) is 0 Å². The number of hydrogen-bond donors (Lipinski definition) is 0. The number of amides is 2. The Morgan fingerprint density at radius 1 is 0.828 bits per heavy atom. The van der Waals surface area contributed by atoms with Crippen LogP contribution in [0.15, 0.2) is 72.8 Å². The second-order valence-corrected chi connectivity index (χ2v) is 6.98. The number of imide groups is 1. The fourth-order valence-corrected chi connectivity index (χ4v) is 3.41. The molecule has 3 aromatic carbocycles. The van der Waals surface area contributed by atoms with Crippen LogP contribution in [0, 0.1) is 0 Å². The van der Waals surface area contributed by atoms with Gasteiger partial charge in [0, 0.05) is 6.54 Å². The highest BCUT2D eigenvalue weighted by Gasteiger charge is 2.34. The third-order valence-corrected chi connectivity index (χ3v) is 5.06. The van der Waals surface area contributed by atoms with E-state index in [1.54, 1.807) is 72.8 Å². The van der Waals surface area contributed by atoms with Crippen LogP contribution in [0.4, 0.5) is 0 Å². The van der Waals surface area contributed by atoms with E-state index in [9.17, 15) is 14.4 Å². The van der Waals surface area contributed by atoms with E-state index < -0.39 is 5.97 Å². The van der Waals surface area contributed by atoms with Gasteiger partial charge in [-0.25, -0.2) is 4.79 Å². The van der Waals surface area contributed by atoms with Gasteiger partial charge in [0.05, 0.1) is 21.7 Å². The van der Waals surface area contributed by atoms with E-state index in [0.29, 0.717) is 33.9 Å². The van der Waals surface area contributed by atoms with Gasteiger partial charge in [-0.05, 0) is 48.4 Å². The van der Waals surface area contributed by atoms with Gasteiger partial charge in [-0.3, -0.25) is 14.5 Å². The van der Waals surface area contributed by atoms with Gasteiger partial charge < -0.3 is 4.74 Å². The molecule has 5 nitrogen and oxygen atoms in total. The number of rotatable bonds is 5. The van der Waals surface area contributed by atoms with Gasteiger partial charge in [-0.1, -0.05) is 48.0 Å². The first-order chi connectivity index (χ1) is 14.0. The summed E-state index contributed by atoms with van der Waals surface area (Å²) in [4.78, 5) is 38.3. The van der Waals surface area contributed by atoms with Crippen LogP contribution in [0.5, 0.6) is 5.75 Å². The molecule has 2 amide bonds. The molecular weight excluding hydrogens is 390 g/mol. The largest absolute Gasteiger partial charge is 0.423 e. The first kappa shape index (κ1) is 18.9. The lowest BCUT2D eigenvalue weighted by Crippen LogP contribution is -2.31. The molecule has 0 bridgehead atoms. The minimum absolute atomic E-state index is 0.268. The Kier molecular flexibility index (Phi) is 5.14. The van der Waals surface area contributed by atoms with E-state index in [4.69, 9.17) is 16.3 Å². The van der Waals surface area contributed by atoms with Crippen LogP contribution in [0.25, 0.3) is 0 Å². The monoisotopic (exact) mass is 405 g/mol. The molecule has 0 aromatic heterocycles. The zero-order chi connectivity index (χ0) is 20.4. The van der Waals surface area contributed by atoms with Crippen molar-refractivity contribution in [2.45, 2.75) is 6.42 Å². The molecule has 29 heavy (non-hydrogen) atoms. The summed E-state index contributed by atoms with van der Waals surface area (Å²) in [6.45, 7) is 0.283. The summed E-state index contributed by atoms with van der Waals surface area (Å²) < 4.78 is 5.35. The predicted molar refractivity (Wildman–Crippen MR) is 108 cm³/mol. The van der Waals surface area contributed by atoms with Gasteiger partial charge in [0.25, 0.3) is 11.8 Å². The number of carbonyl (C=O) groups is 3. The first-order valence-electron chi connectivity index (χ1n) is 9.05. The molecule has 0 aliphatic carbocycles. The Hall–Kier alpha value is -3.44. The molecule has 1 aliphatic rings. The van der Waals surface area contributed by atoms with Crippen LogP contribution < -0.4 is 4.74 Å². The highest BCUT2D eigenvalue weighted by molar-refractivity contribution is 6.33. The first-order valence-corrected chi connectivity index (χ1v) is 9.43. The average molecular weight is 406 g/mol. The second-order valence-electron chi connectivity index (χ2n) is 6.57. The number of hydrogen-bond acceptors (Lipinski definition) is 4. The molecule has 1 heterocycles. The Morgan fingerprint density at radius 2 is 1.41 bits per heavy atom. The maximum Gasteiger partial charge on any atom is 0.345 e. The standard InChI is InChI=1S/C23H16ClNO4/c24-20-8-4-3-7-19(20)23(28)29-16-11-9-15(10-12-16)13-14-25-21(26)17-5-1-2-6-18(17)22(25)27/h1-12H,13-14H2.